The lowest BCUT2D eigenvalue weighted by Crippen LogP contribution is -2.43. The van der Waals surface area contributed by atoms with Gasteiger partial charge >= 0.3 is 0 Å². The van der Waals surface area contributed by atoms with Crippen molar-refractivity contribution in [2.75, 3.05) is 26.2 Å². The van der Waals surface area contributed by atoms with Crippen LogP contribution in [0.25, 0.3) is 0 Å². The maximum absolute atomic E-state index is 6.22. The fourth-order valence-corrected chi connectivity index (χ4v) is 3.77. The summed E-state index contributed by atoms with van der Waals surface area (Å²) in [5.41, 5.74) is 6.15. The highest BCUT2D eigenvalue weighted by atomic mass is 16.7. The summed E-state index contributed by atoms with van der Waals surface area (Å²) in [6.07, 6.45) is 9.59. The number of piperidine rings is 1. The summed E-state index contributed by atoms with van der Waals surface area (Å²) in [5, 5.41) is 0. The largest absolute Gasteiger partial charge is 0.370 e. The lowest BCUT2D eigenvalue weighted by Gasteiger charge is -2.31. The second-order valence-electron chi connectivity index (χ2n) is 7.24. The number of hydrogen-bond donors (Lipinski definition) is 1. The molecule has 0 aromatic rings. The van der Waals surface area contributed by atoms with Gasteiger partial charge in [0.25, 0.3) is 0 Å². The zero-order chi connectivity index (χ0) is 15.4. The van der Waals surface area contributed by atoms with Gasteiger partial charge in [0.15, 0.2) is 11.7 Å². The van der Waals surface area contributed by atoms with E-state index in [0.29, 0.717) is 19.1 Å². The third-order valence-corrected chi connectivity index (χ3v) is 5.34. The second kappa shape index (κ2) is 7.18. The van der Waals surface area contributed by atoms with Crippen molar-refractivity contribution in [2.45, 2.75) is 70.2 Å². The Kier molecular flexibility index (Phi) is 5.24. The molecule has 3 aliphatic rings. The van der Waals surface area contributed by atoms with E-state index in [1.807, 2.05) is 0 Å². The van der Waals surface area contributed by atoms with Gasteiger partial charge in [-0.25, -0.2) is 0 Å². The van der Waals surface area contributed by atoms with Crippen molar-refractivity contribution in [3.63, 3.8) is 0 Å². The van der Waals surface area contributed by atoms with E-state index in [2.05, 4.69) is 16.8 Å². The zero-order valence-electron chi connectivity index (χ0n) is 13.9. The van der Waals surface area contributed by atoms with E-state index in [0.717, 1.165) is 31.8 Å². The van der Waals surface area contributed by atoms with E-state index in [4.69, 9.17) is 15.2 Å². The predicted molar refractivity (Wildman–Crippen MR) is 87.7 cm³/mol. The molecule has 1 unspecified atom stereocenters. The molecule has 0 amide bonds. The molecule has 126 valence electrons. The summed E-state index contributed by atoms with van der Waals surface area (Å²) in [5.74, 6) is 1.18. The molecule has 1 atom stereocenters. The molecule has 5 heteroatoms. The monoisotopic (exact) mass is 309 g/mol. The third kappa shape index (κ3) is 3.93. The fourth-order valence-electron chi connectivity index (χ4n) is 3.77. The van der Waals surface area contributed by atoms with E-state index in [1.54, 1.807) is 0 Å². The van der Waals surface area contributed by atoms with Crippen LogP contribution in [0.3, 0.4) is 0 Å². The summed E-state index contributed by atoms with van der Waals surface area (Å²) in [7, 11) is 0. The summed E-state index contributed by atoms with van der Waals surface area (Å²) in [6, 6.07) is 0. The number of aliphatic imine (C=N–C) groups is 1. The van der Waals surface area contributed by atoms with Crippen molar-refractivity contribution in [3.8, 4) is 0 Å². The summed E-state index contributed by atoms with van der Waals surface area (Å²) < 4.78 is 12.2. The minimum atomic E-state index is -0.313. The maximum Gasteiger partial charge on any atom is 0.191 e. The molecule has 1 saturated carbocycles. The van der Waals surface area contributed by atoms with Crippen LogP contribution in [0.2, 0.25) is 0 Å². The van der Waals surface area contributed by atoms with Crippen molar-refractivity contribution >= 4 is 5.96 Å². The lowest BCUT2D eigenvalue weighted by molar-refractivity contribution is -0.174. The number of likely N-dealkylation sites (tertiary alicyclic amines) is 1. The van der Waals surface area contributed by atoms with Crippen molar-refractivity contribution in [2.24, 2.45) is 16.6 Å². The number of hydrogen-bond acceptors (Lipinski definition) is 3. The highest BCUT2D eigenvalue weighted by Crippen LogP contribution is 2.36. The first kappa shape index (κ1) is 16.1. The van der Waals surface area contributed by atoms with Crippen LogP contribution in [0.5, 0.6) is 0 Å². The summed E-state index contributed by atoms with van der Waals surface area (Å²) in [4.78, 5) is 6.78. The molecular formula is C17H31N3O2. The first-order valence-electron chi connectivity index (χ1n) is 9.03. The Morgan fingerprint density at radius 2 is 1.86 bits per heavy atom. The van der Waals surface area contributed by atoms with Crippen LogP contribution in [0.1, 0.15) is 58.3 Å². The molecular weight excluding hydrogens is 278 g/mol. The Hall–Kier alpha value is -0.810. The van der Waals surface area contributed by atoms with Crippen LogP contribution < -0.4 is 5.73 Å². The Morgan fingerprint density at radius 3 is 2.55 bits per heavy atom. The van der Waals surface area contributed by atoms with Crippen LogP contribution in [0, 0.1) is 5.92 Å². The van der Waals surface area contributed by atoms with E-state index < -0.39 is 0 Å². The zero-order valence-corrected chi connectivity index (χ0v) is 13.9. The topological polar surface area (TPSA) is 60.1 Å². The fraction of sp³-hybridized carbons (Fsp3) is 0.941. The minimum absolute atomic E-state index is 0.0698. The van der Waals surface area contributed by atoms with Crippen molar-refractivity contribution in [3.05, 3.63) is 0 Å². The molecule has 2 saturated heterocycles. The van der Waals surface area contributed by atoms with Crippen molar-refractivity contribution in [1.82, 2.24) is 4.90 Å². The third-order valence-electron chi connectivity index (χ3n) is 5.34. The Balaban J connectivity index is 1.48. The first-order valence-corrected chi connectivity index (χ1v) is 9.03. The molecule has 0 aromatic heterocycles. The van der Waals surface area contributed by atoms with Gasteiger partial charge in [-0.15, -0.1) is 0 Å². The van der Waals surface area contributed by atoms with E-state index in [-0.39, 0.29) is 11.9 Å². The van der Waals surface area contributed by atoms with Crippen LogP contribution >= 0.6 is 0 Å². The van der Waals surface area contributed by atoms with E-state index >= 15 is 0 Å². The first-order chi connectivity index (χ1) is 10.7. The van der Waals surface area contributed by atoms with Crippen LogP contribution in [0.4, 0.5) is 0 Å². The molecule has 1 aliphatic carbocycles. The normalized spacial score (nSPS) is 30.7. The van der Waals surface area contributed by atoms with Crippen molar-refractivity contribution < 1.29 is 9.47 Å². The van der Waals surface area contributed by atoms with Gasteiger partial charge in [0.05, 0.1) is 13.2 Å². The standard InChI is InChI=1S/C17H31N3O2/c1-14-6-10-20(11-7-14)16(18)19-12-15-13-21-17(22-15)8-4-2-3-5-9-17/h14-15H,2-13H2,1H3,(H2,18,19). The lowest BCUT2D eigenvalue weighted by atomic mass is 10.00. The molecule has 2 heterocycles. The summed E-state index contributed by atoms with van der Waals surface area (Å²) >= 11 is 0. The highest BCUT2D eigenvalue weighted by molar-refractivity contribution is 5.78. The number of rotatable bonds is 2. The number of nitrogens with zero attached hydrogens (tertiary/aromatic N) is 2. The van der Waals surface area contributed by atoms with Crippen LogP contribution in [0.15, 0.2) is 4.99 Å². The van der Waals surface area contributed by atoms with Gasteiger partial charge in [-0.3, -0.25) is 4.99 Å². The van der Waals surface area contributed by atoms with Crippen LogP contribution in [-0.4, -0.2) is 49.0 Å². The quantitative estimate of drug-likeness (QED) is 0.629. The number of nitrogens with two attached hydrogens (primary N) is 1. The Labute approximate surface area is 134 Å². The second-order valence-corrected chi connectivity index (χ2v) is 7.24. The SMILES string of the molecule is CC1CCN(C(N)=NCC2COC3(CCCCCC3)O2)CC1. The van der Waals surface area contributed by atoms with Gasteiger partial charge in [0.2, 0.25) is 0 Å². The smallest absolute Gasteiger partial charge is 0.191 e. The van der Waals surface area contributed by atoms with Gasteiger partial charge in [0, 0.05) is 25.9 Å². The number of guanidine groups is 1. The summed E-state index contributed by atoms with van der Waals surface area (Å²) in [6.45, 7) is 5.65. The molecule has 5 nitrogen and oxygen atoms in total. The molecule has 0 bridgehead atoms. The van der Waals surface area contributed by atoms with Gasteiger partial charge in [-0.2, -0.15) is 0 Å². The molecule has 0 aromatic carbocycles. The van der Waals surface area contributed by atoms with E-state index in [1.165, 1.54) is 38.5 Å². The van der Waals surface area contributed by atoms with Crippen molar-refractivity contribution in [1.29, 1.82) is 0 Å². The molecule has 3 fully saturated rings. The molecule has 2 N–H and O–H groups in total. The molecule has 2 aliphatic heterocycles. The van der Waals surface area contributed by atoms with E-state index in [9.17, 15) is 0 Å². The highest BCUT2D eigenvalue weighted by Gasteiger charge is 2.41. The average molecular weight is 309 g/mol. The Bertz CT molecular complexity index is 383. The molecule has 22 heavy (non-hydrogen) atoms. The minimum Gasteiger partial charge on any atom is -0.370 e. The van der Waals surface area contributed by atoms with Gasteiger partial charge in [-0.05, 0) is 31.6 Å². The molecule has 0 radical (unpaired) electrons. The van der Waals surface area contributed by atoms with Gasteiger partial charge in [-0.1, -0.05) is 19.8 Å². The molecule has 3 rings (SSSR count). The van der Waals surface area contributed by atoms with Gasteiger partial charge < -0.3 is 20.1 Å². The predicted octanol–water partition coefficient (Wildman–Crippen LogP) is 2.50. The van der Waals surface area contributed by atoms with Gasteiger partial charge in [0.1, 0.15) is 6.10 Å². The number of ether oxygens (including phenoxy) is 2. The Morgan fingerprint density at radius 1 is 1.18 bits per heavy atom. The maximum atomic E-state index is 6.22. The molecule has 1 spiro atoms. The average Bonchev–Trinajstić information content (AvgIpc) is 2.77. The van der Waals surface area contributed by atoms with Crippen LogP contribution in [-0.2, 0) is 9.47 Å².